The molecule has 0 saturated carbocycles. The van der Waals surface area contributed by atoms with E-state index in [4.69, 9.17) is 19.9 Å². The van der Waals surface area contributed by atoms with Gasteiger partial charge in [0.05, 0.1) is 37.4 Å². The second kappa shape index (κ2) is 8.10. The van der Waals surface area contributed by atoms with Crippen molar-refractivity contribution in [1.29, 1.82) is 5.41 Å². The van der Waals surface area contributed by atoms with Crippen LogP contribution in [-0.2, 0) is 13.0 Å². The Morgan fingerprint density at radius 2 is 1.87 bits per heavy atom. The molecule has 1 aliphatic rings. The van der Waals surface area contributed by atoms with E-state index in [1.807, 2.05) is 58.9 Å². The Bertz CT molecular complexity index is 1130. The van der Waals surface area contributed by atoms with Gasteiger partial charge in [0.15, 0.2) is 11.5 Å². The molecule has 0 amide bonds. The summed E-state index contributed by atoms with van der Waals surface area (Å²) in [4.78, 5) is 6.58. The molecular weight excluding hydrogens is 380 g/mol. The molecule has 1 aliphatic heterocycles. The highest BCUT2D eigenvalue weighted by molar-refractivity contribution is 6.23. The summed E-state index contributed by atoms with van der Waals surface area (Å²) in [5.74, 6) is 2.52. The van der Waals surface area contributed by atoms with Crippen LogP contribution in [0.5, 0.6) is 11.5 Å². The Kier molecular flexibility index (Phi) is 5.35. The van der Waals surface area contributed by atoms with Crippen molar-refractivity contribution < 1.29 is 14.6 Å². The number of para-hydroxylation sites is 2. The normalized spacial score (nSPS) is 14.1. The Morgan fingerprint density at radius 1 is 1.10 bits per heavy atom. The fraction of sp³-hybridized carbons (Fsp3) is 0.304. The summed E-state index contributed by atoms with van der Waals surface area (Å²) >= 11 is 0. The maximum atomic E-state index is 10.7. The Hall–Kier alpha value is -3.48. The number of aromatic nitrogens is 2. The van der Waals surface area contributed by atoms with E-state index in [2.05, 4.69) is 0 Å². The molecule has 0 atom stereocenters. The molecule has 0 aliphatic carbocycles. The number of rotatable bonds is 7. The third-order valence-corrected chi connectivity index (χ3v) is 5.49. The van der Waals surface area contributed by atoms with Crippen molar-refractivity contribution in [2.45, 2.75) is 19.9 Å². The number of aliphatic hydroxyl groups excluding tert-OH is 1. The molecule has 0 saturated heterocycles. The Morgan fingerprint density at radius 3 is 2.60 bits per heavy atom. The van der Waals surface area contributed by atoms with E-state index in [-0.39, 0.29) is 5.76 Å². The molecule has 4 rings (SSSR count). The summed E-state index contributed by atoms with van der Waals surface area (Å²) in [7, 11) is 3.23. The van der Waals surface area contributed by atoms with Crippen molar-refractivity contribution in [2.75, 3.05) is 27.3 Å². The molecule has 0 radical (unpaired) electrons. The van der Waals surface area contributed by atoms with Crippen LogP contribution in [0.1, 0.15) is 18.3 Å². The van der Waals surface area contributed by atoms with Gasteiger partial charge >= 0.3 is 0 Å². The largest absolute Gasteiger partial charge is 0.510 e. The summed E-state index contributed by atoms with van der Waals surface area (Å²) in [6.45, 7) is 3.68. The smallest absolute Gasteiger partial charge is 0.160 e. The van der Waals surface area contributed by atoms with E-state index in [1.54, 1.807) is 14.2 Å². The molecule has 0 fully saturated rings. The van der Waals surface area contributed by atoms with Crippen LogP contribution >= 0.6 is 0 Å². The molecule has 0 unspecified atom stereocenters. The summed E-state index contributed by atoms with van der Waals surface area (Å²) in [5, 5.41) is 19.4. The Labute approximate surface area is 175 Å². The fourth-order valence-electron chi connectivity index (χ4n) is 3.95. The zero-order valence-corrected chi connectivity index (χ0v) is 17.5. The first kappa shape index (κ1) is 19.8. The van der Waals surface area contributed by atoms with Gasteiger partial charge < -0.3 is 24.0 Å². The average molecular weight is 406 g/mol. The van der Waals surface area contributed by atoms with Gasteiger partial charge in [-0.1, -0.05) is 18.2 Å². The highest BCUT2D eigenvalue weighted by atomic mass is 16.5. The van der Waals surface area contributed by atoms with E-state index in [0.717, 1.165) is 16.6 Å². The number of aliphatic hydroxyl groups is 1. The minimum absolute atomic E-state index is 0.192. The topological polar surface area (TPSA) is 83.6 Å². The van der Waals surface area contributed by atoms with E-state index in [9.17, 15) is 5.11 Å². The lowest BCUT2D eigenvalue weighted by Crippen LogP contribution is -2.29. The third kappa shape index (κ3) is 3.36. The lowest BCUT2D eigenvalue weighted by Gasteiger charge is -2.19. The molecule has 2 heterocycles. The number of aryl methyl sites for hydroxylation is 1. The Balaban J connectivity index is 1.55. The van der Waals surface area contributed by atoms with Crippen molar-refractivity contribution in [3.05, 3.63) is 59.6 Å². The molecule has 0 bridgehead atoms. The van der Waals surface area contributed by atoms with Crippen LogP contribution in [-0.4, -0.2) is 52.7 Å². The first-order valence-electron chi connectivity index (χ1n) is 9.99. The van der Waals surface area contributed by atoms with Gasteiger partial charge in [-0.15, -0.1) is 0 Å². The van der Waals surface area contributed by atoms with Gasteiger partial charge in [0.2, 0.25) is 0 Å². The SMILES string of the molecule is CCn1c(C2=C(O)CN(CCc3ccc(OC)c(OC)c3)C2=N)nc2ccccc21. The van der Waals surface area contributed by atoms with Gasteiger partial charge in [-0.2, -0.15) is 0 Å². The van der Waals surface area contributed by atoms with Gasteiger partial charge in [-0.3, -0.25) is 5.41 Å². The predicted molar refractivity (Wildman–Crippen MR) is 118 cm³/mol. The zero-order valence-electron chi connectivity index (χ0n) is 17.5. The minimum Gasteiger partial charge on any atom is -0.510 e. The van der Waals surface area contributed by atoms with Crippen molar-refractivity contribution >= 4 is 22.4 Å². The fourth-order valence-corrected chi connectivity index (χ4v) is 3.95. The lowest BCUT2D eigenvalue weighted by molar-refractivity contribution is 0.349. The standard InChI is InChI=1S/C23H26N4O3/c1-4-27-17-8-6-5-7-16(17)25-23(27)21-18(28)14-26(22(21)24)12-11-15-9-10-19(29-2)20(13-15)30-3/h5-10,13,24,28H,4,11-12,14H2,1-3H3. The summed E-state index contributed by atoms with van der Waals surface area (Å²) in [6, 6.07) is 13.7. The van der Waals surface area contributed by atoms with Crippen LogP contribution in [0.25, 0.3) is 16.6 Å². The summed E-state index contributed by atoms with van der Waals surface area (Å²) in [5.41, 5.74) is 3.47. The number of fused-ring (bicyclic) bond motifs is 1. The number of nitrogens with zero attached hydrogens (tertiary/aromatic N) is 3. The molecule has 7 nitrogen and oxygen atoms in total. The average Bonchev–Trinajstić information content (AvgIpc) is 3.27. The highest BCUT2D eigenvalue weighted by Gasteiger charge is 2.31. The van der Waals surface area contributed by atoms with Crippen LogP contribution in [0.15, 0.2) is 48.2 Å². The first-order chi connectivity index (χ1) is 14.6. The van der Waals surface area contributed by atoms with E-state index >= 15 is 0 Å². The maximum absolute atomic E-state index is 10.7. The maximum Gasteiger partial charge on any atom is 0.160 e. The van der Waals surface area contributed by atoms with Crippen molar-refractivity contribution in [3.63, 3.8) is 0 Å². The van der Waals surface area contributed by atoms with Gasteiger partial charge in [0, 0.05) is 13.1 Å². The first-order valence-corrected chi connectivity index (χ1v) is 9.99. The molecule has 0 spiro atoms. The number of imidazole rings is 1. The van der Waals surface area contributed by atoms with E-state index in [1.165, 1.54) is 0 Å². The number of methoxy groups -OCH3 is 2. The van der Waals surface area contributed by atoms with Gasteiger partial charge in [-0.25, -0.2) is 4.98 Å². The van der Waals surface area contributed by atoms with Crippen molar-refractivity contribution in [2.24, 2.45) is 0 Å². The second-order valence-electron chi connectivity index (χ2n) is 7.20. The van der Waals surface area contributed by atoms with Crippen molar-refractivity contribution in [3.8, 4) is 11.5 Å². The third-order valence-electron chi connectivity index (χ3n) is 5.49. The van der Waals surface area contributed by atoms with Crippen molar-refractivity contribution in [1.82, 2.24) is 14.5 Å². The number of hydrogen-bond acceptors (Lipinski definition) is 5. The predicted octanol–water partition coefficient (Wildman–Crippen LogP) is 3.88. The molecule has 7 heteroatoms. The van der Waals surface area contributed by atoms with Crippen LogP contribution in [0.3, 0.4) is 0 Å². The molecular formula is C23H26N4O3. The molecule has 2 N–H and O–H groups in total. The number of benzene rings is 2. The van der Waals surface area contributed by atoms with Crippen LogP contribution in [0.4, 0.5) is 0 Å². The number of nitrogens with one attached hydrogen (secondary N) is 1. The molecule has 2 aromatic carbocycles. The van der Waals surface area contributed by atoms with E-state index < -0.39 is 0 Å². The van der Waals surface area contributed by atoms with Crippen LogP contribution in [0, 0.1) is 5.41 Å². The van der Waals surface area contributed by atoms with Gasteiger partial charge in [0.1, 0.15) is 17.4 Å². The second-order valence-corrected chi connectivity index (χ2v) is 7.20. The minimum atomic E-state index is 0.192. The lowest BCUT2D eigenvalue weighted by atomic mass is 10.1. The summed E-state index contributed by atoms with van der Waals surface area (Å²) < 4.78 is 12.7. The number of hydrogen-bond donors (Lipinski definition) is 2. The highest BCUT2D eigenvalue weighted by Crippen LogP contribution is 2.31. The molecule has 156 valence electrons. The number of amidine groups is 1. The quantitative estimate of drug-likeness (QED) is 0.622. The molecule has 30 heavy (non-hydrogen) atoms. The summed E-state index contributed by atoms with van der Waals surface area (Å²) in [6.07, 6.45) is 0.716. The molecule has 1 aromatic heterocycles. The van der Waals surface area contributed by atoms with Gasteiger partial charge in [-0.05, 0) is 43.2 Å². The van der Waals surface area contributed by atoms with E-state index in [0.29, 0.717) is 54.8 Å². The monoisotopic (exact) mass is 406 g/mol. The van der Waals surface area contributed by atoms with Crippen LogP contribution in [0.2, 0.25) is 0 Å². The van der Waals surface area contributed by atoms with Gasteiger partial charge in [0.25, 0.3) is 0 Å². The molecule has 3 aromatic rings. The van der Waals surface area contributed by atoms with Crippen LogP contribution < -0.4 is 9.47 Å². The number of ether oxygens (including phenoxy) is 2. The zero-order chi connectivity index (χ0) is 21.3.